The molecule has 0 aromatic heterocycles. The number of carbonyl (C=O) groups excluding carboxylic acids is 4. The van der Waals surface area contributed by atoms with Gasteiger partial charge >= 0.3 is 0 Å². The van der Waals surface area contributed by atoms with Crippen molar-refractivity contribution in [1.29, 1.82) is 0 Å². The molecule has 52 heavy (non-hydrogen) atoms. The van der Waals surface area contributed by atoms with Crippen LogP contribution < -0.4 is 10.3 Å². The van der Waals surface area contributed by atoms with Gasteiger partial charge in [0.1, 0.15) is 5.82 Å². The Morgan fingerprint density at radius 2 is 1.56 bits per heavy atom. The first kappa shape index (κ1) is 33.2. The number of halogens is 3. The molecule has 4 amide bonds. The zero-order valence-corrected chi connectivity index (χ0v) is 27.7. The monoisotopic (exact) mass is 724 g/mol. The van der Waals surface area contributed by atoms with E-state index >= 15 is 9.18 Å². The number of allylic oxidation sites excluding steroid dienone is 2. The Kier molecular flexibility index (Phi) is 7.72. The number of phenolic OH excluding ortho intramolecular Hbond substituents is 1. The number of hydrogen-bond donors (Lipinski definition) is 2. The summed E-state index contributed by atoms with van der Waals surface area (Å²) in [5.41, 5.74) is 1.98. The van der Waals surface area contributed by atoms with Gasteiger partial charge in [0.2, 0.25) is 11.8 Å². The number of imide groups is 2. The molecule has 262 valence electrons. The van der Waals surface area contributed by atoms with Crippen LogP contribution in [0.2, 0.25) is 5.02 Å². The van der Waals surface area contributed by atoms with Crippen molar-refractivity contribution in [2.45, 2.75) is 24.2 Å². The summed E-state index contributed by atoms with van der Waals surface area (Å²) in [6.07, 6.45) is 1.72. The van der Waals surface area contributed by atoms with Gasteiger partial charge in [-0.1, -0.05) is 47.5 Å². The summed E-state index contributed by atoms with van der Waals surface area (Å²) in [6, 6.07) is 20.2. The summed E-state index contributed by atoms with van der Waals surface area (Å²) >= 11 is 6.28. The standard InChI is InChI=1S/C38H27ClF2N4O7/c39-20-6-4-19(5-7-20)38-29(35(48)44(37(38)50)42-22-10-8-21(40)9-11-22)18-28-25(32(38)27-2-1-3-30(41)33(27)46)16-17-26-31(28)36(49)43(34(26)47)23-12-14-24(15-13-23)45(51)52/h1-16,26,28-29,31-32,42,46H,17-18H2/t26-,28+,29-,31-,32+,38+/m0/s1. The van der Waals surface area contributed by atoms with Crippen molar-refractivity contribution in [3.8, 4) is 5.75 Å². The van der Waals surface area contributed by atoms with Crippen LogP contribution in [0.3, 0.4) is 0 Å². The number of hydrogen-bond acceptors (Lipinski definition) is 8. The summed E-state index contributed by atoms with van der Waals surface area (Å²) in [6.45, 7) is 0. The van der Waals surface area contributed by atoms with Crippen molar-refractivity contribution >= 4 is 52.3 Å². The lowest BCUT2D eigenvalue weighted by Gasteiger charge is -2.50. The number of nitro groups is 1. The van der Waals surface area contributed by atoms with Gasteiger partial charge in [-0.05, 0) is 78.9 Å². The average Bonchev–Trinajstić information content (AvgIpc) is 3.51. The third kappa shape index (κ3) is 4.75. The average molecular weight is 725 g/mol. The molecule has 11 nitrogen and oxygen atoms in total. The Hall–Kier alpha value is -5.95. The highest BCUT2D eigenvalue weighted by Gasteiger charge is 2.70. The third-order valence-electron chi connectivity index (χ3n) is 10.9. The largest absolute Gasteiger partial charge is 0.505 e. The van der Waals surface area contributed by atoms with Gasteiger partial charge in [0.15, 0.2) is 11.6 Å². The summed E-state index contributed by atoms with van der Waals surface area (Å²) in [5, 5.41) is 23.8. The van der Waals surface area contributed by atoms with Crippen LogP contribution in [0.5, 0.6) is 5.75 Å². The van der Waals surface area contributed by atoms with Crippen molar-refractivity contribution in [3.05, 3.63) is 141 Å². The summed E-state index contributed by atoms with van der Waals surface area (Å²) in [5.74, 6) is -9.87. The first-order valence-electron chi connectivity index (χ1n) is 16.4. The highest BCUT2D eigenvalue weighted by Crippen LogP contribution is 2.65. The van der Waals surface area contributed by atoms with Gasteiger partial charge in [-0.15, -0.1) is 0 Å². The van der Waals surface area contributed by atoms with Crippen LogP contribution in [0.25, 0.3) is 0 Å². The van der Waals surface area contributed by atoms with E-state index in [1.54, 1.807) is 30.3 Å². The second-order valence-corrected chi connectivity index (χ2v) is 13.8. The molecule has 2 N–H and O–H groups in total. The number of para-hydroxylation sites is 1. The predicted octanol–water partition coefficient (Wildman–Crippen LogP) is 6.42. The number of aromatic hydroxyl groups is 1. The molecule has 0 spiro atoms. The molecular formula is C38H27ClF2N4O7. The molecule has 4 aliphatic rings. The first-order chi connectivity index (χ1) is 24.9. The fraction of sp³-hybridized carbons (Fsp3) is 0.211. The maximum atomic E-state index is 15.3. The zero-order chi connectivity index (χ0) is 36.6. The normalized spacial score (nSPS) is 26.5. The molecule has 8 rings (SSSR count). The molecule has 4 aromatic carbocycles. The smallest absolute Gasteiger partial charge is 0.269 e. The van der Waals surface area contributed by atoms with Crippen molar-refractivity contribution in [2.24, 2.45) is 23.7 Å². The second-order valence-electron chi connectivity index (χ2n) is 13.3. The van der Waals surface area contributed by atoms with Crippen LogP contribution in [0.1, 0.15) is 29.9 Å². The molecule has 2 saturated heterocycles. The van der Waals surface area contributed by atoms with Gasteiger partial charge in [0, 0.05) is 28.6 Å². The van der Waals surface area contributed by atoms with Crippen LogP contribution >= 0.6 is 11.6 Å². The maximum absolute atomic E-state index is 15.3. The Morgan fingerprint density at radius 3 is 2.23 bits per heavy atom. The number of phenols is 1. The number of nitro benzene ring substituents is 1. The van der Waals surface area contributed by atoms with Crippen LogP contribution in [0, 0.1) is 45.4 Å². The van der Waals surface area contributed by atoms with Crippen LogP contribution in [0.15, 0.2) is 103 Å². The van der Waals surface area contributed by atoms with Crippen molar-refractivity contribution in [3.63, 3.8) is 0 Å². The fourth-order valence-corrected chi connectivity index (χ4v) is 8.87. The number of hydrazine groups is 1. The number of nitrogens with one attached hydrogen (secondary N) is 1. The summed E-state index contributed by atoms with van der Waals surface area (Å²) < 4.78 is 29.1. The van der Waals surface area contributed by atoms with E-state index in [2.05, 4.69) is 5.43 Å². The van der Waals surface area contributed by atoms with Crippen molar-refractivity contribution < 1.29 is 38.0 Å². The molecule has 0 radical (unpaired) electrons. The minimum Gasteiger partial charge on any atom is -0.505 e. The number of anilines is 2. The molecule has 2 aliphatic carbocycles. The molecular weight excluding hydrogens is 698 g/mol. The molecule has 6 atom stereocenters. The Morgan fingerprint density at radius 1 is 0.865 bits per heavy atom. The van der Waals surface area contributed by atoms with Crippen LogP contribution in [0.4, 0.5) is 25.8 Å². The number of nitrogens with zero attached hydrogens (tertiary/aromatic N) is 3. The first-order valence-corrected chi connectivity index (χ1v) is 16.8. The van der Waals surface area contributed by atoms with E-state index in [-0.39, 0.29) is 35.5 Å². The van der Waals surface area contributed by atoms with E-state index in [0.29, 0.717) is 16.2 Å². The van der Waals surface area contributed by atoms with Crippen molar-refractivity contribution in [2.75, 3.05) is 10.3 Å². The second kappa shape index (κ2) is 12.1. The molecule has 0 unspecified atom stereocenters. The highest BCUT2D eigenvalue weighted by atomic mass is 35.5. The Balaban J connectivity index is 1.31. The van der Waals surface area contributed by atoms with Gasteiger partial charge in [0.05, 0.1) is 39.5 Å². The maximum Gasteiger partial charge on any atom is 0.269 e. The lowest BCUT2D eigenvalue weighted by atomic mass is 9.49. The SMILES string of the molecule is O=C1[C@@H]2C[C@@H]3C(=CC[C@@H]4C(=O)N(c5ccc([N+](=O)[O-])cc5)C(=O)[C@@H]43)[C@H](c3cccc(F)c3O)[C@]2(c2ccc(Cl)cc2)C(=O)N1Nc1ccc(F)cc1. The topological polar surface area (TPSA) is 150 Å². The molecule has 1 saturated carbocycles. The third-order valence-corrected chi connectivity index (χ3v) is 11.2. The van der Waals surface area contributed by atoms with Crippen LogP contribution in [-0.2, 0) is 24.6 Å². The van der Waals surface area contributed by atoms with Crippen molar-refractivity contribution in [1.82, 2.24) is 5.01 Å². The Bertz CT molecular complexity index is 2230. The number of carbonyl (C=O) groups is 4. The van der Waals surface area contributed by atoms with E-state index in [9.17, 15) is 34.0 Å². The van der Waals surface area contributed by atoms with E-state index in [1.165, 1.54) is 48.5 Å². The lowest BCUT2D eigenvalue weighted by molar-refractivity contribution is -0.384. The number of rotatable bonds is 6. The molecule has 2 heterocycles. The molecule has 2 aliphatic heterocycles. The molecule has 0 bridgehead atoms. The minimum atomic E-state index is -1.81. The molecule has 14 heteroatoms. The van der Waals surface area contributed by atoms with Gasteiger partial charge < -0.3 is 5.11 Å². The highest BCUT2D eigenvalue weighted by molar-refractivity contribution is 6.30. The van der Waals surface area contributed by atoms with Gasteiger partial charge in [-0.25, -0.2) is 8.78 Å². The van der Waals surface area contributed by atoms with Crippen LogP contribution in [-0.4, -0.2) is 38.7 Å². The van der Waals surface area contributed by atoms with E-state index < -0.39 is 80.9 Å². The number of fused-ring (bicyclic) bond motifs is 4. The quantitative estimate of drug-likeness (QED) is 0.100. The van der Waals surface area contributed by atoms with Gasteiger partial charge in [-0.3, -0.25) is 39.6 Å². The molecule has 4 aromatic rings. The van der Waals surface area contributed by atoms with Gasteiger partial charge in [0.25, 0.3) is 17.5 Å². The zero-order valence-electron chi connectivity index (χ0n) is 26.9. The summed E-state index contributed by atoms with van der Waals surface area (Å²) in [4.78, 5) is 69.7. The molecule has 3 fully saturated rings. The number of benzene rings is 4. The minimum absolute atomic E-state index is 0.00290. The number of non-ortho nitro benzene ring substituents is 1. The van der Waals surface area contributed by atoms with E-state index in [0.717, 1.165) is 28.1 Å². The summed E-state index contributed by atoms with van der Waals surface area (Å²) in [7, 11) is 0. The lowest BCUT2D eigenvalue weighted by Crippen LogP contribution is -2.53. The fourth-order valence-electron chi connectivity index (χ4n) is 8.74. The number of amides is 4. The van der Waals surface area contributed by atoms with Gasteiger partial charge in [-0.2, -0.15) is 5.01 Å². The predicted molar refractivity (Wildman–Crippen MR) is 183 cm³/mol. The van der Waals surface area contributed by atoms with E-state index in [1.807, 2.05) is 0 Å². The Labute approximate surface area is 299 Å². The van der Waals surface area contributed by atoms with E-state index in [4.69, 9.17) is 11.6 Å².